The van der Waals surface area contributed by atoms with Crippen molar-refractivity contribution >= 4 is 11.8 Å². The standard InChI is InChI=1S/C28H34O3/c1-18(2)21-16-20-12-13-24-27(3,14-9-15-28(24,4)26(30)31-5)23(20)17-22(21)25(29)19-10-7-6-8-11-19/h6-8,10-11,16-18,24H,9,12-15H2,1-5H3/t24-,27-,28-/m1/s1. The fraction of sp³-hybridized carbons (Fsp3) is 0.500. The van der Waals surface area contributed by atoms with Crippen molar-refractivity contribution in [2.75, 3.05) is 7.11 Å². The van der Waals surface area contributed by atoms with E-state index in [1.807, 2.05) is 30.3 Å². The van der Waals surface area contributed by atoms with Crippen LogP contribution in [0.4, 0.5) is 0 Å². The van der Waals surface area contributed by atoms with Gasteiger partial charge in [0.05, 0.1) is 12.5 Å². The molecule has 0 amide bonds. The third-order valence-electron chi connectivity index (χ3n) is 8.08. The van der Waals surface area contributed by atoms with Gasteiger partial charge in [-0.3, -0.25) is 9.59 Å². The van der Waals surface area contributed by atoms with Crippen molar-refractivity contribution in [2.45, 2.75) is 71.1 Å². The first kappa shape index (κ1) is 21.8. The first-order valence-corrected chi connectivity index (χ1v) is 11.6. The van der Waals surface area contributed by atoms with Crippen LogP contribution < -0.4 is 0 Å². The van der Waals surface area contributed by atoms with Gasteiger partial charge in [0.15, 0.2) is 5.78 Å². The van der Waals surface area contributed by atoms with Crippen LogP contribution in [0.3, 0.4) is 0 Å². The number of methoxy groups -OCH3 is 1. The van der Waals surface area contributed by atoms with E-state index < -0.39 is 5.41 Å². The Balaban J connectivity index is 1.87. The summed E-state index contributed by atoms with van der Waals surface area (Å²) in [5, 5.41) is 0. The molecule has 0 spiro atoms. The van der Waals surface area contributed by atoms with Crippen LogP contribution >= 0.6 is 0 Å². The van der Waals surface area contributed by atoms with Crippen molar-refractivity contribution in [1.29, 1.82) is 0 Å². The maximum atomic E-state index is 13.5. The highest BCUT2D eigenvalue weighted by Crippen LogP contribution is 2.58. The van der Waals surface area contributed by atoms with Crippen LogP contribution in [0.5, 0.6) is 0 Å². The van der Waals surface area contributed by atoms with Crippen molar-refractivity contribution in [2.24, 2.45) is 11.3 Å². The number of hydrogen-bond donors (Lipinski definition) is 0. The van der Waals surface area contributed by atoms with Crippen LogP contribution in [-0.4, -0.2) is 18.9 Å². The van der Waals surface area contributed by atoms with E-state index in [0.717, 1.165) is 48.8 Å². The Hall–Kier alpha value is -2.42. The molecule has 3 nitrogen and oxygen atoms in total. The lowest BCUT2D eigenvalue weighted by Gasteiger charge is -2.54. The van der Waals surface area contributed by atoms with Gasteiger partial charge < -0.3 is 4.74 Å². The summed E-state index contributed by atoms with van der Waals surface area (Å²) in [5.41, 5.74) is 4.68. The largest absolute Gasteiger partial charge is 0.469 e. The average Bonchev–Trinajstić information content (AvgIpc) is 2.77. The number of carbonyl (C=O) groups excluding carboxylic acids is 2. The molecule has 2 aliphatic carbocycles. The zero-order valence-electron chi connectivity index (χ0n) is 19.5. The smallest absolute Gasteiger partial charge is 0.311 e. The molecule has 4 rings (SSSR count). The molecule has 0 radical (unpaired) electrons. The molecule has 0 heterocycles. The van der Waals surface area contributed by atoms with Crippen molar-refractivity contribution in [3.05, 3.63) is 70.3 Å². The normalized spacial score (nSPS) is 27.4. The summed E-state index contributed by atoms with van der Waals surface area (Å²) < 4.78 is 5.25. The summed E-state index contributed by atoms with van der Waals surface area (Å²) >= 11 is 0. The van der Waals surface area contributed by atoms with Crippen LogP contribution in [0.15, 0.2) is 42.5 Å². The van der Waals surface area contributed by atoms with E-state index in [4.69, 9.17) is 4.74 Å². The van der Waals surface area contributed by atoms with Gasteiger partial charge in [0, 0.05) is 11.1 Å². The molecule has 0 unspecified atom stereocenters. The lowest BCUT2D eigenvalue weighted by Crippen LogP contribution is -2.52. The van der Waals surface area contributed by atoms with Crippen LogP contribution in [0.2, 0.25) is 0 Å². The van der Waals surface area contributed by atoms with E-state index >= 15 is 0 Å². The minimum atomic E-state index is -0.472. The van der Waals surface area contributed by atoms with E-state index in [0.29, 0.717) is 0 Å². The van der Waals surface area contributed by atoms with Crippen molar-refractivity contribution in [3.63, 3.8) is 0 Å². The molecule has 0 aromatic heterocycles. The number of aryl methyl sites for hydroxylation is 1. The van der Waals surface area contributed by atoms with Gasteiger partial charge >= 0.3 is 5.97 Å². The number of hydrogen-bond acceptors (Lipinski definition) is 3. The number of fused-ring (bicyclic) bond motifs is 3. The Kier molecular flexibility index (Phi) is 5.57. The summed E-state index contributed by atoms with van der Waals surface area (Å²) in [4.78, 5) is 26.4. The number of carbonyl (C=O) groups is 2. The fourth-order valence-electron chi connectivity index (χ4n) is 6.43. The molecule has 0 bridgehead atoms. The number of rotatable bonds is 4. The third-order valence-corrected chi connectivity index (χ3v) is 8.08. The minimum Gasteiger partial charge on any atom is -0.469 e. The summed E-state index contributed by atoms with van der Waals surface area (Å²) in [6, 6.07) is 14.0. The van der Waals surface area contributed by atoms with E-state index in [9.17, 15) is 9.59 Å². The molecule has 0 N–H and O–H groups in total. The van der Waals surface area contributed by atoms with Crippen LogP contribution in [-0.2, 0) is 21.4 Å². The summed E-state index contributed by atoms with van der Waals surface area (Å²) in [5.74, 6) is 0.485. The molecule has 164 valence electrons. The summed E-state index contributed by atoms with van der Waals surface area (Å²) in [6.07, 6.45) is 4.83. The van der Waals surface area contributed by atoms with Gasteiger partial charge in [-0.2, -0.15) is 0 Å². The highest BCUT2D eigenvalue weighted by Gasteiger charge is 2.55. The van der Waals surface area contributed by atoms with Crippen LogP contribution in [0.1, 0.15) is 91.9 Å². The molecular weight excluding hydrogens is 384 g/mol. The summed E-state index contributed by atoms with van der Waals surface area (Å²) in [6.45, 7) is 8.71. The van der Waals surface area contributed by atoms with E-state index in [2.05, 4.69) is 39.8 Å². The van der Waals surface area contributed by atoms with Gasteiger partial charge in [0.25, 0.3) is 0 Å². The zero-order chi connectivity index (χ0) is 22.4. The second-order valence-corrected chi connectivity index (χ2v) is 10.2. The van der Waals surface area contributed by atoms with E-state index in [1.165, 1.54) is 18.2 Å². The highest BCUT2D eigenvalue weighted by atomic mass is 16.5. The Morgan fingerprint density at radius 2 is 1.77 bits per heavy atom. The molecule has 1 saturated carbocycles. The zero-order valence-corrected chi connectivity index (χ0v) is 19.5. The van der Waals surface area contributed by atoms with Gasteiger partial charge in [0.1, 0.15) is 0 Å². The van der Waals surface area contributed by atoms with Gasteiger partial charge in [-0.1, -0.05) is 63.6 Å². The molecule has 2 aliphatic rings. The topological polar surface area (TPSA) is 43.4 Å². The number of esters is 1. The Bertz CT molecular complexity index is 1010. The first-order valence-electron chi connectivity index (χ1n) is 11.6. The first-order chi connectivity index (χ1) is 14.7. The second-order valence-electron chi connectivity index (χ2n) is 10.2. The third kappa shape index (κ3) is 3.43. The monoisotopic (exact) mass is 418 g/mol. The lowest BCUT2D eigenvalue weighted by molar-refractivity contribution is -0.161. The number of ether oxygens (including phenoxy) is 1. The Morgan fingerprint density at radius 3 is 2.42 bits per heavy atom. The van der Waals surface area contributed by atoms with Crippen molar-refractivity contribution in [1.82, 2.24) is 0 Å². The molecule has 1 fully saturated rings. The minimum absolute atomic E-state index is 0.0874. The van der Waals surface area contributed by atoms with Crippen molar-refractivity contribution in [3.8, 4) is 0 Å². The average molecular weight is 419 g/mol. The van der Waals surface area contributed by atoms with Crippen molar-refractivity contribution < 1.29 is 14.3 Å². The number of ketones is 1. The second kappa shape index (κ2) is 7.93. The van der Waals surface area contributed by atoms with Gasteiger partial charge in [0.2, 0.25) is 0 Å². The fourth-order valence-corrected chi connectivity index (χ4v) is 6.43. The van der Waals surface area contributed by atoms with Gasteiger partial charge in [-0.15, -0.1) is 0 Å². The predicted molar refractivity (Wildman–Crippen MR) is 124 cm³/mol. The highest BCUT2D eigenvalue weighted by molar-refractivity contribution is 6.10. The maximum Gasteiger partial charge on any atom is 0.311 e. The predicted octanol–water partition coefficient (Wildman–Crippen LogP) is 6.22. The number of benzene rings is 2. The molecule has 0 saturated heterocycles. The van der Waals surface area contributed by atoms with Crippen LogP contribution in [0.25, 0.3) is 0 Å². The maximum absolute atomic E-state index is 13.5. The molecule has 3 heteroatoms. The quantitative estimate of drug-likeness (QED) is 0.437. The molecular formula is C28H34O3. The molecule has 31 heavy (non-hydrogen) atoms. The van der Waals surface area contributed by atoms with E-state index in [-0.39, 0.29) is 29.0 Å². The SMILES string of the molecule is COC(=O)[C@]1(C)CCC[C@]2(C)c3cc(C(=O)c4ccccc4)c(C(C)C)cc3CC[C@@H]12. The van der Waals surface area contributed by atoms with Gasteiger partial charge in [-0.25, -0.2) is 0 Å². The lowest BCUT2D eigenvalue weighted by atomic mass is 9.49. The Morgan fingerprint density at radius 1 is 1.06 bits per heavy atom. The van der Waals surface area contributed by atoms with E-state index in [1.54, 1.807) is 0 Å². The van der Waals surface area contributed by atoms with Crippen LogP contribution in [0, 0.1) is 11.3 Å². The molecule has 0 aliphatic heterocycles. The molecule has 2 aromatic carbocycles. The Labute approximate surface area is 186 Å². The molecule has 2 aromatic rings. The van der Waals surface area contributed by atoms with Gasteiger partial charge in [-0.05, 0) is 72.6 Å². The summed E-state index contributed by atoms with van der Waals surface area (Å²) in [7, 11) is 1.50. The molecule has 3 atom stereocenters.